The first-order valence-corrected chi connectivity index (χ1v) is 5.71. The highest BCUT2D eigenvalue weighted by Gasteiger charge is 2.31. The standard InChI is InChI=1S/C13H4ClF7/c14-8-11(17)9(15)7(10(16)12(8)18)5-1-3-6(4-2-5)13(19,20)21/h1-4H. The molecule has 2 aromatic carbocycles. The Morgan fingerprint density at radius 2 is 1.14 bits per heavy atom. The smallest absolute Gasteiger partial charge is 0.203 e. The monoisotopic (exact) mass is 328 g/mol. The van der Waals surface area contributed by atoms with E-state index in [2.05, 4.69) is 0 Å². The highest BCUT2D eigenvalue weighted by Crippen LogP contribution is 2.36. The van der Waals surface area contributed by atoms with Crippen molar-refractivity contribution in [2.24, 2.45) is 0 Å². The Labute approximate surface area is 118 Å². The van der Waals surface area contributed by atoms with Gasteiger partial charge in [0, 0.05) is 0 Å². The Hall–Kier alpha value is -1.76. The first-order valence-electron chi connectivity index (χ1n) is 5.33. The van der Waals surface area contributed by atoms with Crippen molar-refractivity contribution < 1.29 is 30.7 Å². The van der Waals surface area contributed by atoms with Gasteiger partial charge in [0.25, 0.3) is 0 Å². The molecule has 2 aromatic rings. The van der Waals surface area contributed by atoms with Crippen molar-refractivity contribution in [1.29, 1.82) is 0 Å². The van der Waals surface area contributed by atoms with E-state index in [-0.39, 0.29) is 0 Å². The molecule has 8 heteroatoms. The Morgan fingerprint density at radius 3 is 1.52 bits per heavy atom. The van der Waals surface area contributed by atoms with E-state index < -0.39 is 51.2 Å². The maximum atomic E-state index is 13.6. The van der Waals surface area contributed by atoms with Crippen LogP contribution in [0.1, 0.15) is 5.56 Å². The molecule has 0 aliphatic rings. The third kappa shape index (κ3) is 2.70. The Bertz CT molecular complexity index is 660. The van der Waals surface area contributed by atoms with Gasteiger partial charge >= 0.3 is 6.18 Å². The van der Waals surface area contributed by atoms with Gasteiger partial charge in [-0.15, -0.1) is 0 Å². The van der Waals surface area contributed by atoms with E-state index >= 15 is 0 Å². The summed E-state index contributed by atoms with van der Waals surface area (Å²) in [4.78, 5) is 0. The Kier molecular flexibility index (Phi) is 3.88. The van der Waals surface area contributed by atoms with E-state index in [9.17, 15) is 30.7 Å². The van der Waals surface area contributed by atoms with E-state index in [4.69, 9.17) is 11.6 Å². The first-order chi connectivity index (χ1) is 9.64. The van der Waals surface area contributed by atoms with Crippen molar-refractivity contribution >= 4 is 11.6 Å². The van der Waals surface area contributed by atoms with Crippen molar-refractivity contribution in [2.75, 3.05) is 0 Å². The van der Waals surface area contributed by atoms with Gasteiger partial charge in [0.05, 0.1) is 11.1 Å². The number of hydrogen-bond acceptors (Lipinski definition) is 0. The first kappa shape index (κ1) is 15.6. The summed E-state index contributed by atoms with van der Waals surface area (Å²) in [7, 11) is 0. The molecule has 0 bridgehead atoms. The summed E-state index contributed by atoms with van der Waals surface area (Å²) in [6, 6.07) is 2.49. The number of alkyl halides is 3. The van der Waals surface area contributed by atoms with Crippen LogP contribution in [-0.2, 0) is 6.18 Å². The van der Waals surface area contributed by atoms with E-state index in [1.54, 1.807) is 0 Å². The molecular weight excluding hydrogens is 325 g/mol. The summed E-state index contributed by atoms with van der Waals surface area (Å²) in [6.45, 7) is 0. The summed E-state index contributed by atoms with van der Waals surface area (Å²) in [6.07, 6.45) is -4.65. The third-order valence-electron chi connectivity index (χ3n) is 2.71. The van der Waals surface area contributed by atoms with Crippen molar-refractivity contribution in [1.82, 2.24) is 0 Å². The van der Waals surface area contributed by atoms with Crippen molar-refractivity contribution in [3.05, 3.63) is 58.1 Å². The fraction of sp³-hybridized carbons (Fsp3) is 0.0769. The lowest BCUT2D eigenvalue weighted by molar-refractivity contribution is -0.137. The lowest BCUT2D eigenvalue weighted by atomic mass is 10.0. The number of hydrogen-bond donors (Lipinski definition) is 0. The van der Waals surface area contributed by atoms with Gasteiger partial charge in [0.1, 0.15) is 5.02 Å². The Morgan fingerprint density at radius 1 is 0.714 bits per heavy atom. The van der Waals surface area contributed by atoms with E-state index in [0.29, 0.717) is 24.3 Å². The second-order valence-corrected chi connectivity index (χ2v) is 4.40. The average Bonchev–Trinajstić information content (AvgIpc) is 2.43. The molecule has 0 aliphatic heterocycles. The second-order valence-electron chi connectivity index (χ2n) is 4.02. The summed E-state index contributed by atoms with van der Waals surface area (Å²) >= 11 is 5.05. The minimum absolute atomic E-state index is 0.451. The molecule has 21 heavy (non-hydrogen) atoms. The largest absolute Gasteiger partial charge is 0.416 e. The number of benzene rings is 2. The molecule has 0 saturated carbocycles. The van der Waals surface area contributed by atoms with Crippen LogP contribution in [-0.4, -0.2) is 0 Å². The maximum absolute atomic E-state index is 13.6. The molecule has 0 atom stereocenters. The van der Waals surface area contributed by atoms with Crippen LogP contribution in [0, 0.1) is 23.3 Å². The van der Waals surface area contributed by atoms with Crippen molar-refractivity contribution in [2.45, 2.75) is 6.18 Å². The van der Waals surface area contributed by atoms with Crippen molar-refractivity contribution in [3.63, 3.8) is 0 Å². The summed E-state index contributed by atoms with van der Waals surface area (Å²) in [5, 5.41) is -1.36. The molecular formula is C13H4ClF7. The minimum Gasteiger partial charge on any atom is -0.203 e. The van der Waals surface area contributed by atoms with Gasteiger partial charge in [0.2, 0.25) is 0 Å². The molecule has 0 N–H and O–H groups in total. The molecule has 0 saturated heterocycles. The average molecular weight is 329 g/mol. The predicted molar refractivity (Wildman–Crippen MR) is 61.7 cm³/mol. The van der Waals surface area contributed by atoms with Gasteiger partial charge in [-0.25, -0.2) is 17.6 Å². The van der Waals surface area contributed by atoms with E-state index in [1.165, 1.54) is 0 Å². The second kappa shape index (κ2) is 5.22. The third-order valence-corrected chi connectivity index (χ3v) is 3.04. The van der Waals surface area contributed by atoms with Crippen molar-refractivity contribution in [3.8, 4) is 11.1 Å². The van der Waals surface area contributed by atoms with Crippen LogP contribution in [0.4, 0.5) is 30.7 Å². The predicted octanol–water partition coefficient (Wildman–Crippen LogP) is 5.58. The fourth-order valence-electron chi connectivity index (χ4n) is 1.68. The van der Waals surface area contributed by atoms with E-state index in [0.717, 1.165) is 0 Å². The quantitative estimate of drug-likeness (QED) is 0.364. The minimum atomic E-state index is -4.65. The zero-order valence-corrected chi connectivity index (χ0v) is 10.6. The molecule has 0 amide bonds. The van der Waals surface area contributed by atoms with Crippen LogP contribution in [0.2, 0.25) is 5.02 Å². The van der Waals surface area contributed by atoms with Gasteiger partial charge in [-0.2, -0.15) is 13.2 Å². The van der Waals surface area contributed by atoms with Crippen LogP contribution in [0.3, 0.4) is 0 Å². The lowest BCUT2D eigenvalue weighted by Crippen LogP contribution is -2.05. The number of halogens is 8. The van der Waals surface area contributed by atoms with Crippen LogP contribution >= 0.6 is 11.6 Å². The van der Waals surface area contributed by atoms with Crippen LogP contribution in [0.15, 0.2) is 24.3 Å². The number of rotatable bonds is 1. The van der Waals surface area contributed by atoms with Crippen LogP contribution in [0.5, 0.6) is 0 Å². The highest BCUT2D eigenvalue weighted by molar-refractivity contribution is 6.31. The molecule has 0 aromatic heterocycles. The van der Waals surface area contributed by atoms with Crippen LogP contribution < -0.4 is 0 Å². The maximum Gasteiger partial charge on any atom is 0.416 e. The molecule has 0 nitrogen and oxygen atoms in total. The lowest BCUT2D eigenvalue weighted by Gasteiger charge is -2.11. The molecule has 0 fully saturated rings. The summed E-state index contributed by atoms with van der Waals surface area (Å²) in [5.74, 6) is -7.19. The molecule has 2 rings (SSSR count). The molecule has 0 heterocycles. The molecule has 0 radical (unpaired) electrons. The topological polar surface area (TPSA) is 0 Å². The molecule has 0 spiro atoms. The van der Waals surface area contributed by atoms with E-state index in [1.807, 2.05) is 0 Å². The molecule has 112 valence electrons. The van der Waals surface area contributed by atoms with Gasteiger partial charge in [-0.05, 0) is 17.7 Å². The highest BCUT2D eigenvalue weighted by atomic mass is 35.5. The van der Waals surface area contributed by atoms with Gasteiger partial charge in [-0.1, -0.05) is 23.7 Å². The van der Waals surface area contributed by atoms with Gasteiger partial charge in [-0.3, -0.25) is 0 Å². The normalized spacial score (nSPS) is 11.8. The fourth-order valence-corrected chi connectivity index (χ4v) is 1.85. The Balaban J connectivity index is 2.63. The van der Waals surface area contributed by atoms with Gasteiger partial charge in [0.15, 0.2) is 23.3 Å². The SMILES string of the molecule is Fc1c(F)c(-c2ccc(C(F)(F)F)cc2)c(F)c(F)c1Cl. The zero-order valence-electron chi connectivity index (χ0n) is 9.83. The zero-order chi connectivity index (χ0) is 15.9. The summed E-state index contributed by atoms with van der Waals surface area (Å²) in [5.41, 5.74) is -2.64. The molecule has 0 unspecified atom stereocenters. The van der Waals surface area contributed by atoms with Gasteiger partial charge < -0.3 is 0 Å². The molecule has 0 aliphatic carbocycles. The summed E-state index contributed by atoms with van der Waals surface area (Å²) < 4.78 is 91.0. The van der Waals surface area contributed by atoms with Crippen LogP contribution in [0.25, 0.3) is 11.1 Å².